The van der Waals surface area contributed by atoms with Gasteiger partial charge in [0.1, 0.15) is 5.75 Å². The molecule has 0 aliphatic heterocycles. The molecule has 0 aliphatic carbocycles. The molecule has 1 heterocycles. The first-order valence-corrected chi connectivity index (χ1v) is 8.63. The molecule has 23 heavy (non-hydrogen) atoms. The van der Waals surface area contributed by atoms with Gasteiger partial charge >= 0.3 is 0 Å². The zero-order valence-corrected chi connectivity index (χ0v) is 14.7. The van der Waals surface area contributed by atoms with Gasteiger partial charge in [-0.2, -0.15) is 0 Å². The van der Waals surface area contributed by atoms with Crippen molar-refractivity contribution < 1.29 is 4.74 Å². The van der Waals surface area contributed by atoms with Gasteiger partial charge in [0.25, 0.3) is 5.56 Å². The van der Waals surface area contributed by atoms with Crippen LogP contribution in [0.4, 0.5) is 0 Å². The second-order valence-electron chi connectivity index (χ2n) is 5.47. The Morgan fingerprint density at radius 3 is 2.61 bits per heavy atom. The number of rotatable bonds is 8. The Balaban J connectivity index is 1.98. The van der Waals surface area contributed by atoms with E-state index in [1.165, 1.54) is 18.9 Å². The third-order valence-electron chi connectivity index (χ3n) is 3.59. The Hall–Kier alpha value is -1.45. The number of hydrogen-bond donors (Lipinski definition) is 0. The molecule has 0 unspecified atom stereocenters. The molecule has 0 saturated carbocycles. The maximum atomic E-state index is 12.2. The molecule has 0 spiro atoms. The highest BCUT2D eigenvalue weighted by atomic mass is 35.5. The fourth-order valence-electron chi connectivity index (χ4n) is 2.26. The summed E-state index contributed by atoms with van der Waals surface area (Å²) in [6.07, 6.45) is 6.31. The lowest BCUT2D eigenvalue weighted by molar-refractivity contribution is 0.304. The van der Waals surface area contributed by atoms with Gasteiger partial charge in [0.2, 0.25) is 0 Å². The topological polar surface area (TPSA) is 31.2 Å². The van der Waals surface area contributed by atoms with E-state index in [0.717, 1.165) is 18.4 Å². The highest BCUT2D eigenvalue weighted by Gasteiger charge is 2.05. The summed E-state index contributed by atoms with van der Waals surface area (Å²) in [4.78, 5) is 12.2. The zero-order chi connectivity index (χ0) is 16.7. The summed E-state index contributed by atoms with van der Waals surface area (Å²) in [5, 5.41) is 1.14. The van der Waals surface area contributed by atoms with Crippen LogP contribution in [-0.4, -0.2) is 11.2 Å². The number of hydrogen-bond acceptors (Lipinski definition) is 2. The highest BCUT2D eigenvalue weighted by Crippen LogP contribution is 2.21. The summed E-state index contributed by atoms with van der Waals surface area (Å²) in [6, 6.07) is 8.60. The first-order valence-electron chi connectivity index (χ1n) is 7.87. The molecule has 1 aromatic heterocycles. The molecule has 0 amide bonds. The first kappa shape index (κ1) is 17.9. The summed E-state index contributed by atoms with van der Waals surface area (Å²) >= 11 is 12.0. The van der Waals surface area contributed by atoms with E-state index >= 15 is 0 Å². The molecular formula is C18H21Cl2NO2. The second-order valence-corrected chi connectivity index (χ2v) is 6.32. The monoisotopic (exact) mass is 353 g/mol. The standard InChI is InChI=1S/C18H21Cl2NO2/c1-2-3-4-5-10-23-16-8-9-21(18(22)12-16)13-14-6-7-15(19)11-17(14)20/h6-9,11-12H,2-5,10,13H2,1H3. The van der Waals surface area contributed by atoms with Crippen LogP contribution in [0.5, 0.6) is 5.75 Å². The largest absolute Gasteiger partial charge is 0.493 e. The number of aromatic nitrogens is 1. The minimum Gasteiger partial charge on any atom is -0.493 e. The van der Waals surface area contributed by atoms with Crippen molar-refractivity contribution in [3.8, 4) is 5.75 Å². The SMILES string of the molecule is CCCCCCOc1ccn(Cc2ccc(Cl)cc2Cl)c(=O)c1. The number of halogens is 2. The molecule has 124 valence electrons. The molecule has 3 nitrogen and oxygen atoms in total. The lowest BCUT2D eigenvalue weighted by atomic mass is 10.2. The maximum absolute atomic E-state index is 12.2. The van der Waals surface area contributed by atoms with Crippen molar-refractivity contribution in [1.82, 2.24) is 4.57 Å². The minimum absolute atomic E-state index is 0.109. The lowest BCUT2D eigenvalue weighted by Gasteiger charge is -2.10. The third-order valence-corrected chi connectivity index (χ3v) is 4.18. The predicted molar refractivity (Wildman–Crippen MR) is 95.9 cm³/mol. The number of nitrogens with zero attached hydrogens (tertiary/aromatic N) is 1. The number of benzene rings is 1. The van der Waals surface area contributed by atoms with E-state index in [9.17, 15) is 4.79 Å². The van der Waals surface area contributed by atoms with Gasteiger partial charge in [0.15, 0.2) is 0 Å². The van der Waals surface area contributed by atoms with Crippen LogP contribution in [0.3, 0.4) is 0 Å². The van der Waals surface area contributed by atoms with Crippen molar-refractivity contribution in [2.75, 3.05) is 6.61 Å². The van der Waals surface area contributed by atoms with Gasteiger partial charge in [-0.15, -0.1) is 0 Å². The summed E-state index contributed by atoms with van der Waals surface area (Å²) in [5.74, 6) is 0.616. The Morgan fingerprint density at radius 2 is 1.91 bits per heavy atom. The third kappa shape index (κ3) is 5.60. The van der Waals surface area contributed by atoms with Gasteiger partial charge < -0.3 is 9.30 Å². The van der Waals surface area contributed by atoms with Crippen LogP contribution in [0.15, 0.2) is 41.3 Å². The van der Waals surface area contributed by atoms with Gasteiger partial charge in [-0.25, -0.2) is 0 Å². The van der Waals surface area contributed by atoms with Crippen molar-refractivity contribution in [3.05, 3.63) is 62.5 Å². The smallest absolute Gasteiger partial charge is 0.254 e. The molecule has 2 rings (SSSR count). The number of ether oxygens (including phenoxy) is 1. The van der Waals surface area contributed by atoms with Gasteiger partial charge in [-0.3, -0.25) is 4.79 Å². The van der Waals surface area contributed by atoms with E-state index < -0.39 is 0 Å². The predicted octanol–water partition coefficient (Wildman–Crippen LogP) is 5.16. The Kier molecular flexibility index (Phi) is 7.00. The molecule has 0 saturated heterocycles. The fourth-order valence-corrected chi connectivity index (χ4v) is 2.73. The van der Waals surface area contributed by atoms with Crippen LogP contribution in [0.25, 0.3) is 0 Å². The maximum Gasteiger partial charge on any atom is 0.254 e. The van der Waals surface area contributed by atoms with Crippen LogP contribution in [-0.2, 0) is 6.54 Å². The molecule has 2 aromatic rings. The van der Waals surface area contributed by atoms with E-state index in [-0.39, 0.29) is 5.56 Å². The molecule has 0 N–H and O–H groups in total. The van der Waals surface area contributed by atoms with Crippen LogP contribution in [0.1, 0.15) is 38.2 Å². The first-order chi connectivity index (χ1) is 11.1. The van der Waals surface area contributed by atoms with Crippen molar-refractivity contribution in [2.45, 2.75) is 39.2 Å². The van der Waals surface area contributed by atoms with E-state index in [0.29, 0.717) is 28.9 Å². The average Bonchev–Trinajstić information content (AvgIpc) is 2.52. The molecule has 0 atom stereocenters. The number of unbranched alkanes of at least 4 members (excludes halogenated alkanes) is 3. The summed E-state index contributed by atoms with van der Waals surface area (Å²) in [7, 11) is 0. The molecule has 0 bridgehead atoms. The summed E-state index contributed by atoms with van der Waals surface area (Å²) < 4.78 is 7.22. The second kappa shape index (κ2) is 8.99. The molecule has 1 aromatic carbocycles. The van der Waals surface area contributed by atoms with Gasteiger partial charge in [0, 0.05) is 22.3 Å². The highest BCUT2D eigenvalue weighted by molar-refractivity contribution is 6.35. The minimum atomic E-state index is -0.109. The van der Waals surface area contributed by atoms with Crippen molar-refractivity contribution >= 4 is 23.2 Å². The molecular weight excluding hydrogens is 333 g/mol. The summed E-state index contributed by atoms with van der Waals surface area (Å²) in [5.41, 5.74) is 0.744. The molecule has 0 fully saturated rings. The van der Waals surface area contributed by atoms with E-state index in [2.05, 4.69) is 6.92 Å². The zero-order valence-electron chi connectivity index (χ0n) is 13.2. The Bertz CT molecular complexity index is 698. The van der Waals surface area contributed by atoms with Gasteiger partial charge in [0.05, 0.1) is 13.2 Å². The van der Waals surface area contributed by atoms with Gasteiger partial charge in [-0.05, 0) is 30.2 Å². The average molecular weight is 354 g/mol. The lowest BCUT2D eigenvalue weighted by Crippen LogP contribution is -2.19. The normalized spacial score (nSPS) is 10.7. The number of pyridine rings is 1. The molecule has 0 aliphatic rings. The summed E-state index contributed by atoms with van der Waals surface area (Å²) in [6.45, 7) is 3.23. The Morgan fingerprint density at radius 1 is 1.09 bits per heavy atom. The van der Waals surface area contributed by atoms with Crippen molar-refractivity contribution in [1.29, 1.82) is 0 Å². The van der Waals surface area contributed by atoms with E-state index in [1.807, 2.05) is 12.1 Å². The van der Waals surface area contributed by atoms with Gasteiger partial charge in [-0.1, -0.05) is 55.5 Å². The fraction of sp³-hybridized carbons (Fsp3) is 0.389. The Labute approximate surface area is 146 Å². The molecule has 5 heteroatoms. The molecule has 0 radical (unpaired) electrons. The van der Waals surface area contributed by atoms with E-state index in [4.69, 9.17) is 27.9 Å². The van der Waals surface area contributed by atoms with Crippen molar-refractivity contribution in [2.24, 2.45) is 0 Å². The van der Waals surface area contributed by atoms with E-state index in [1.54, 1.807) is 22.9 Å². The van der Waals surface area contributed by atoms with Crippen LogP contribution < -0.4 is 10.3 Å². The van der Waals surface area contributed by atoms with Crippen LogP contribution in [0, 0.1) is 0 Å². The quantitative estimate of drug-likeness (QED) is 0.613. The van der Waals surface area contributed by atoms with Crippen LogP contribution >= 0.6 is 23.2 Å². The van der Waals surface area contributed by atoms with Crippen molar-refractivity contribution in [3.63, 3.8) is 0 Å². The van der Waals surface area contributed by atoms with Crippen LogP contribution in [0.2, 0.25) is 10.0 Å².